The lowest BCUT2D eigenvalue weighted by atomic mass is 10.3. The van der Waals surface area contributed by atoms with Crippen LogP contribution in [-0.4, -0.2) is 18.1 Å². The number of ether oxygens (including phenoxy) is 1. The average Bonchev–Trinajstić information content (AvgIpc) is 2.08. The van der Waals surface area contributed by atoms with Crippen LogP contribution in [0.3, 0.4) is 0 Å². The number of carbonyl (C=O) groups excluding carboxylic acids is 1. The van der Waals surface area contributed by atoms with Crippen molar-refractivity contribution >= 4 is 34.2 Å². The topological polar surface area (TPSA) is 65.2 Å². The summed E-state index contributed by atoms with van der Waals surface area (Å²) in [5, 5.41) is 0. The molecular weight excluding hydrogens is 271 g/mol. The summed E-state index contributed by atoms with van der Waals surface area (Å²) in [5.74, 6) is -0.425. The van der Waals surface area contributed by atoms with Crippen molar-refractivity contribution in [3.05, 3.63) is 21.5 Å². The van der Waals surface area contributed by atoms with E-state index in [1.807, 2.05) is 22.6 Å². The monoisotopic (exact) mass is 278 g/mol. The van der Waals surface area contributed by atoms with Gasteiger partial charge in [-0.15, -0.1) is 0 Å². The molecule has 12 heavy (non-hydrogen) atoms. The van der Waals surface area contributed by atoms with E-state index in [2.05, 4.69) is 9.72 Å². The van der Waals surface area contributed by atoms with Gasteiger partial charge in [0.25, 0.3) is 0 Å². The van der Waals surface area contributed by atoms with E-state index in [9.17, 15) is 4.79 Å². The van der Waals surface area contributed by atoms with Crippen molar-refractivity contribution < 1.29 is 9.53 Å². The van der Waals surface area contributed by atoms with Crippen LogP contribution in [0.4, 0.5) is 5.69 Å². The van der Waals surface area contributed by atoms with E-state index in [-0.39, 0.29) is 0 Å². The molecule has 0 spiro atoms. The molecule has 0 aliphatic carbocycles. The molecule has 0 aliphatic heterocycles. The first kappa shape index (κ1) is 9.24. The van der Waals surface area contributed by atoms with Gasteiger partial charge in [-0.3, -0.25) is 0 Å². The Kier molecular flexibility index (Phi) is 2.85. The molecule has 4 nitrogen and oxygen atoms in total. The lowest BCUT2D eigenvalue weighted by Crippen LogP contribution is -2.04. The van der Waals surface area contributed by atoms with Crippen LogP contribution in [0.5, 0.6) is 0 Å². The fourth-order valence-electron chi connectivity index (χ4n) is 0.695. The van der Waals surface area contributed by atoms with Gasteiger partial charge >= 0.3 is 5.97 Å². The molecule has 0 saturated carbocycles. The van der Waals surface area contributed by atoms with Gasteiger partial charge in [-0.05, 0) is 28.7 Å². The van der Waals surface area contributed by atoms with E-state index in [0.29, 0.717) is 15.0 Å². The van der Waals surface area contributed by atoms with Crippen LogP contribution >= 0.6 is 22.6 Å². The van der Waals surface area contributed by atoms with Gasteiger partial charge in [0, 0.05) is 6.20 Å². The minimum atomic E-state index is -0.425. The molecule has 64 valence electrons. The third kappa shape index (κ3) is 1.84. The van der Waals surface area contributed by atoms with Crippen LogP contribution in [-0.2, 0) is 4.74 Å². The normalized spacial score (nSPS) is 9.50. The number of rotatable bonds is 1. The second-order valence-electron chi connectivity index (χ2n) is 2.10. The summed E-state index contributed by atoms with van der Waals surface area (Å²) in [6, 6.07) is 1.54. The van der Waals surface area contributed by atoms with Gasteiger partial charge in [-0.25, -0.2) is 9.78 Å². The SMILES string of the molecule is COC(=O)c1cnc(I)c(N)c1. The Balaban J connectivity index is 3.05. The van der Waals surface area contributed by atoms with Crippen LogP contribution in [0.2, 0.25) is 0 Å². The molecule has 0 aliphatic rings. The number of carbonyl (C=O) groups is 1. The maximum Gasteiger partial charge on any atom is 0.339 e. The molecule has 0 bridgehead atoms. The van der Waals surface area contributed by atoms with Crippen LogP contribution in [0.1, 0.15) is 10.4 Å². The zero-order valence-corrected chi connectivity index (χ0v) is 8.53. The van der Waals surface area contributed by atoms with E-state index in [1.54, 1.807) is 6.07 Å². The number of hydrogen-bond donors (Lipinski definition) is 1. The van der Waals surface area contributed by atoms with Crippen molar-refractivity contribution in [1.29, 1.82) is 0 Å². The van der Waals surface area contributed by atoms with E-state index >= 15 is 0 Å². The Labute approximate surface area is 83.3 Å². The predicted octanol–water partition coefficient (Wildman–Crippen LogP) is 1.05. The predicted molar refractivity (Wildman–Crippen MR) is 52.7 cm³/mol. The number of esters is 1. The van der Waals surface area contributed by atoms with Crippen molar-refractivity contribution in [1.82, 2.24) is 4.98 Å². The molecule has 0 aromatic carbocycles. The zero-order valence-electron chi connectivity index (χ0n) is 6.37. The van der Waals surface area contributed by atoms with E-state index in [4.69, 9.17) is 5.73 Å². The Hall–Kier alpha value is -0.850. The average molecular weight is 278 g/mol. The maximum atomic E-state index is 11.0. The number of anilines is 1. The highest BCUT2D eigenvalue weighted by atomic mass is 127. The van der Waals surface area contributed by atoms with Gasteiger partial charge in [0.15, 0.2) is 0 Å². The Bertz CT molecular complexity index is 314. The maximum absolute atomic E-state index is 11.0. The molecule has 0 atom stereocenters. The summed E-state index contributed by atoms with van der Waals surface area (Å²) in [6.45, 7) is 0. The third-order valence-corrected chi connectivity index (χ3v) is 2.19. The molecule has 1 heterocycles. The van der Waals surface area contributed by atoms with Crippen molar-refractivity contribution in [3.63, 3.8) is 0 Å². The highest BCUT2D eigenvalue weighted by molar-refractivity contribution is 14.1. The molecule has 5 heteroatoms. The van der Waals surface area contributed by atoms with Crippen LogP contribution in [0, 0.1) is 3.70 Å². The van der Waals surface area contributed by atoms with E-state index in [0.717, 1.165) is 0 Å². The number of nitrogen functional groups attached to an aromatic ring is 1. The second kappa shape index (κ2) is 3.70. The minimum Gasteiger partial charge on any atom is -0.465 e. The highest BCUT2D eigenvalue weighted by Gasteiger charge is 2.07. The first-order valence-corrected chi connectivity index (χ1v) is 4.22. The molecule has 1 aromatic rings. The van der Waals surface area contributed by atoms with Crippen LogP contribution < -0.4 is 5.73 Å². The number of nitrogens with two attached hydrogens (primary N) is 1. The fourth-order valence-corrected chi connectivity index (χ4v) is 0.990. The van der Waals surface area contributed by atoms with Crippen molar-refractivity contribution in [2.45, 2.75) is 0 Å². The van der Waals surface area contributed by atoms with Crippen LogP contribution in [0.25, 0.3) is 0 Å². The second-order valence-corrected chi connectivity index (χ2v) is 3.12. The van der Waals surface area contributed by atoms with Gasteiger partial charge in [-0.1, -0.05) is 0 Å². The number of methoxy groups -OCH3 is 1. The van der Waals surface area contributed by atoms with E-state index in [1.165, 1.54) is 13.3 Å². The molecule has 1 rings (SSSR count). The Morgan fingerprint density at radius 2 is 2.42 bits per heavy atom. The lowest BCUT2D eigenvalue weighted by Gasteiger charge is -2.00. The molecule has 0 saturated heterocycles. The Morgan fingerprint density at radius 3 is 2.92 bits per heavy atom. The summed E-state index contributed by atoms with van der Waals surface area (Å²) < 4.78 is 5.17. The molecule has 0 fully saturated rings. The summed E-state index contributed by atoms with van der Waals surface area (Å²) in [5.41, 5.74) is 6.39. The molecule has 1 aromatic heterocycles. The fraction of sp³-hybridized carbons (Fsp3) is 0.143. The van der Waals surface area contributed by atoms with Gasteiger partial charge in [0.1, 0.15) is 3.70 Å². The molecule has 0 radical (unpaired) electrons. The van der Waals surface area contributed by atoms with Gasteiger partial charge < -0.3 is 10.5 Å². The summed E-state index contributed by atoms with van der Waals surface area (Å²) >= 11 is 1.99. The highest BCUT2D eigenvalue weighted by Crippen LogP contribution is 2.13. The van der Waals surface area contributed by atoms with Gasteiger partial charge in [-0.2, -0.15) is 0 Å². The van der Waals surface area contributed by atoms with E-state index < -0.39 is 5.97 Å². The number of pyridine rings is 1. The standard InChI is InChI=1S/C7H7IN2O2/c1-12-7(11)4-2-5(9)6(8)10-3-4/h2-3H,9H2,1H3. The smallest absolute Gasteiger partial charge is 0.339 e. The first-order chi connectivity index (χ1) is 5.65. The molecule has 2 N–H and O–H groups in total. The lowest BCUT2D eigenvalue weighted by molar-refractivity contribution is 0.0600. The minimum absolute atomic E-state index is 0.371. The first-order valence-electron chi connectivity index (χ1n) is 3.14. The largest absolute Gasteiger partial charge is 0.465 e. The molecular formula is C7H7IN2O2. The van der Waals surface area contributed by atoms with Crippen molar-refractivity contribution in [2.75, 3.05) is 12.8 Å². The zero-order chi connectivity index (χ0) is 9.14. The summed E-state index contributed by atoms with van der Waals surface area (Å²) in [4.78, 5) is 14.9. The van der Waals surface area contributed by atoms with Crippen molar-refractivity contribution in [3.8, 4) is 0 Å². The number of halogens is 1. The third-order valence-electron chi connectivity index (χ3n) is 1.29. The van der Waals surface area contributed by atoms with Gasteiger partial charge in [0.2, 0.25) is 0 Å². The molecule has 0 amide bonds. The number of aromatic nitrogens is 1. The molecule has 0 unspecified atom stereocenters. The Morgan fingerprint density at radius 1 is 1.75 bits per heavy atom. The number of hydrogen-bond acceptors (Lipinski definition) is 4. The van der Waals surface area contributed by atoms with Crippen LogP contribution in [0.15, 0.2) is 12.3 Å². The summed E-state index contributed by atoms with van der Waals surface area (Å²) in [7, 11) is 1.32. The quantitative estimate of drug-likeness (QED) is 0.474. The van der Waals surface area contributed by atoms with Crippen molar-refractivity contribution in [2.24, 2.45) is 0 Å². The van der Waals surface area contributed by atoms with Gasteiger partial charge in [0.05, 0.1) is 18.4 Å². The summed E-state index contributed by atoms with van der Waals surface area (Å²) in [6.07, 6.45) is 1.43. The number of nitrogens with zero attached hydrogens (tertiary/aromatic N) is 1.